The Balaban J connectivity index is 1.33. The fourth-order valence-electron chi connectivity index (χ4n) is 4.56. The van der Waals surface area contributed by atoms with Crippen LogP contribution in [0.15, 0.2) is 77.7 Å². The van der Waals surface area contributed by atoms with E-state index in [1.54, 1.807) is 13.8 Å². The molecule has 0 radical (unpaired) electrons. The molecule has 5 aromatic rings. The zero-order valence-corrected chi connectivity index (χ0v) is 22.0. The number of hydrogen-bond donors (Lipinski definition) is 2. The molecule has 0 amide bonds. The number of aliphatic hydroxyl groups is 1. The predicted octanol–water partition coefficient (Wildman–Crippen LogP) is 6.97. The lowest BCUT2D eigenvalue weighted by atomic mass is 9.80. The molecule has 35 heavy (non-hydrogen) atoms. The second kappa shape index (κ2) is 8.27. The van der Waals surface area contributed by atoms with E-state index < -0.39 is 11.2 Å². The minimum absolute atomic E-state index is 0.195. The van der Waals surface area contributed by atoms with Crippen molar-refractivity contribution in [2.24, 2.45) is 0 Å². The van der Waals surface area contributed by atoms with Crippen LogP contribution in [0.5, 0.6) is 0 Å². The molecule has 1 unspecified atom stereocenters. The van der Waals surface area contributed by atoms with Crippen LogP contribution in [0, 0.1) is 0 Å². The molecule has 6 rings (SSSR count). The smallest absolute Gasteiger partial charge is 0.310 e. The van der Waals surface area contributed by atoms with E-state index in [-0.39, 0.29) is 5.37 Å². The van der Waals surface area contributed by atoms with Crippen LogP contribution in [0.4, 0.5) is 5.69 Å². The van der Waals surface area contributed by atoms with Crippen molar-refractivity contribution in [3.05, 3.63) is 78.4 Å². The van der Waals surface area contributed by atoms with Crippen molar-refractivity contribution >= 4 is 72.7 Å². The lowest BCUT2D eigenvalue weighted by molar-refractivity contribution is -0.0893. The van der Waals surface area contributed by atoms with Crippen LogP contribution in [-0.2, 0) is 4.65 Å². The quantitative estimate of drug-likeness (QED) is 0.258. The molecule has 1 atom stereocenters. The fraction of sp³-hybridized carbons (Fsp3) is 0.241. The summed E-state index contributed by atoms with van der Waals surface area (Å²) < 4.78 is 8.78. The minimum Gasteiger partial charge on any atom is -0.427 e. The van der Waals surface area contributed by atoms with Crippen molar-refractivity contribution in [1.82, 2.24) is 0 Å². The van der Waals surface area contributed by atoms with Crippen molar-refractivity contribution in [2.45, 2.75) is 49.2 Å². The molecule has 4 aromatic carbocycles. The molecule has 1 aliphatic heterocycles. The Morgan fingerprint density at radius 3 is 2.54 bits per heavy atom. The lowest BCUT2D eigenvalue weighted by Gasteiger charge is -2.37. The molecule has 0 saturated heterocycles. The normalized spacial score (nSPS) is 16.1. The lowest BCUT2D eigenvalue weighted by Crippen LogP contribution is -2.49. The maximum Gasteiger partial charge on any atom is 0.310 e. The molecule has 1 aromatic heterocycles. The molecule has 1 aliphatic rings. The van der Waals surface area contributed by atoms with Crippen LogP contribution < -0.4 is 10.8 Å². The Kier molecular flexibility index (Phi) is 5.42. The number of hydrogen-bond acceptors (Lipinski definition) is 5. The molecule has 0 aliphatic carbocycles. The highest BCUT2D eigenvalue weighted by molar-refractivity contribution is 8.00. The largest absolute Gasteiger partial charge is 0.427 e. The summed E-state index contributed by atoms with van der Waals surface area (Å²) in [6, 6.07) is 26.3. The molecule has 176 valence electrons. The van der Waals surface area contributed by atoms with Crippen LogP contribution in [0.2, 0.25) is 0 Å². The van der Waals surface area contributed by atoms with E-state index in [1.807, 2.05) is 36.9 Å². The molecule has 0 spiro atoms. The van der Waals surface area contributed by atoms with Crippen molar-refractivity contribution < 1.29 is 9.76 Å². The number of nitrogens with one attached hydrogen (secondary N) is 1. The third kappa shape index (κ3) is 3.93. The molecule has 6 heteroatoms. The van der Waals surface area contributed by atoms with Crippen LogP contribution in [0.1, 0.15) is 38.6 Å². The van der Waals surface area contributed by atoms with Crippen molar-refractivity contribution in [3.8, 4) is 0 Å². The molecule has 0 fully saturated rings. The minimum atomic E-state index is -0.929. The first-order valence-corrected chi connectivity index (χ1v) is 13.7. The Labute approximate surface area is 214 Å². The van der Waals surface area contributed by atoms with Gasteiger partial charge in [-0.25, -0.2) is 0 Å². The summed E-state index contributed by atoms with van der Waals surface area (Å²) in [6.07, 6.45) is 0. The van der Waals surface area contributed by atoms with E-state index in [9.17, 15) is 5.11 Å². The summed E-state index contributed by atoms with van der Waals surface area (Å²) in [5.41, 5.74) is 2.07. The van der Waals surface area contributed by atoms with Gasteiger partial charge in [0.1, 0.15) is 5.37 Å². The topological polar surface area (TPSA) is 41.5 Å². The standard InChI is InChI=1S/C29H28BNO2S2/c1-28(2,32)29(3,4)33-30-21-10-7-11-23-25(21)20-14-12-18(16-24(20)34-23)27-31-22-15-13-17-8-5-6-9-19(17)26(22)35-27/h5-16,27,30-32H,1-4H3. The zero-order valence-electron chi connectivity index (χ0n) is 20.4. The van der Waals surface area contributed by atoms with Gasteiger partial charge in [-0.1, -0.05) is 66.4 Å². The van der Waals surface area contributed by atoms with Gasteiger partial charge in [0, 0.05) is 20.0 Å². The average molecular weight is 497 g/mol. The number of rotatable bonds is 5. The Morgan fingerprint density at radius 1 is 0.886 bits per heavy atom. The summed E-state index contributed by atoms with van der Waals surface area (Å²) in [7, 11) is 0.463. The maximum atomic E-state index is 10.5. The molecule has 3 nitrogen and oxygen atoms in total. The monoisotopic (exact) mass is 497 g/mol. The highest BCUT2D eigenvalue weighted by atomic mass is 32.2. The Morgan fingerprint density at radius 2 is 1.71 bits per heavy atom. The van der Waals surface area contributed by atoms with Gasteiger partial charge in [0.05, 0.1) is 11.2 Å². The summed E-state index contributed by atoms with van der Waals surface area (Å²) in [5, 5.41) is 19.5. The fourth-order valence-corrected chi connectivity index (χ4v) is 7.03. The highest BCUT2D eigenvalue weighted by Gasteiger charge is 2.36. The van der Waals surface area contributed by atoms with Gasteiger partial charge in [0.25, 0.3) is 0 Å². The van der Waals surface area contributed by atoms with E-state index in [0.717, 1.165) is 5.46 Å². The summed E-state index contributed by atoms with van der Waals surface area (Å²) in [5.74, 6) is 0. The van der Waals surface area contributed by atoms with E-state index in [4.69, 9.17) is 4.65 Å². The van der Waals surface area contributed by atoms with Crippen LogP contribution in [-0.4, -0.2) is 23.8 Å². The molecular weight excluding hydrogens is 469 g/mol. The number of thioether (sulfide) groups is 1. The third-order valence-electron chi connectivity index (χ3n) is 7.37. The number of anilines is 1. The van der Waals surface area contributed by atoms with Crippen LogP contribution in [0.25, 0.3) is 30.9 Å². The Bertz CT molecular complexity index is 1590. The predicted molar refractivity (Wildman–Crippen MR) is 154 cm³/mol. The number of fused-ring (bicyclic) bond motifs is 6. The summed E-state index contributed by atoms with van der Waals surface area (Å²) >= 11 is 3.73. The summed E-state index contributed by atoms with van der Waals surface area (Å²) in [6.45, 7) is 7.48. The van der Waals surface area contributed by atoms with Gasteiger partial charge in [-0.3, -0.25) is 0 Å². The molecular formula is C29H28BNO2S2. The van der Waals surface area contributed by atoms with Gasteiger partial charge in [0.15, 0.2) is 0 Å². The second-order valence-corrected chi connectivity index (χ2v) is 12.5. The van der Waals surface area contributed by atoms with E-state index in [1.165, 1.54) is 47.1 Å². The molecule has 0 saturated carbocycles. The third-order valence-corrected chi connectivity index (χ3v) is 9.79. The maximum absolute atomic E-state index is 10.5. The molecule has 2 N–H and O–H groups in total. The number of benzene rings is 4. The first-order chi connectivity index (χ1) is 16.7. The van der Waals surface area contributed by atoms with E-state index in [2.05, 4.69) is 78.1 Å². The average Bonchev–Trinajstić information content (AvgIpc) is 3.43. The molecule has 2 heterocycles. The van der Waals surface area contributed by atoms with E-state index >= 15 is 0 Å². The van der Waals surface area contributed by atoms with Gasteiger partial charge >= 0.3 is 7.48 Å². The van der Waals surface area contributed by atoms with Gasteiger partial charge in [-0.05, 0) is 78.5 Å². The van der Waals surface area contributed by atoms with Crippen molar-refractivity contribution in [3.63, 3.8) is 0 Å². The van der Waals surface area contributed by atoms with Crippen LogP contribution in [0.3, 0.4) is 0 Å². The van der Waals surface area contributed by atoms with Gasteiger partial charge in [-0.15, -0.1) is 11.3 Å². The first-order valence-electron chi connectivity index (χ1n) is 12.0. The number of thiophene rings is 1. The van der Waals surface area contributed by atoms with Crippen molar-refractivity contribution in [2.75, 3.05) is 5.32 Å². The van der Waals surface area contributed by atoms with Gasteiger partial charge in [-0.2, -0.15) is 0 Å². The van der Waals surface area contributed by atoms with E-state index in [0.29, 0.717) is 7.48 Å². The van der Waals surface area contributed by atoms with Gasteiger partial charge in [0.2, 0.25) is 0 Å². The highest BCUT2D eigenvalue weighted by Crippen LogP contribution is 2.50. The SMILES string of the molecule is CC(C)(O)C(C)(C)OBc1cccc2sc3cc(C4Nc5ccc6ccccc6c5S4)ccc3c12. The Hall–Kier alpha value is -2.51. The van der Waals surface area contributed by atoms with Crippen LogP contribution >= 0.6 is 23.1 Å². The first kappa shape index (κ1) is 22.9. The van der Waals surface area contributed by atoms with Crippen molar-refractivity contribution in [1.29, 1.82) is 0 Å². The van der Waals surface area contributed by atoms with Gasteiger partial charge < -0.3 is 15.1 Å². The zero-order chi connectivity index (χ0) is 24.4. The summed E-state index contributed by atoms with van der Waals surface area (Å²) in [4.78, 5) is 1.33. The molecule has 0 bridgehead atoms. The second-order valence-electron chi connectivity index (χ2n) is 10.3.